The fourth-order valence-electron chi connectivity index (χ4n) is 2.92. The minimum atomic E-state index is -3.94. The Labute approximate surface area is 188 Å². The minimum Gasteiger partial charge on any atom is -0.454 e. The fourth-order valence-corrected chi connectivity index (χ4v) is 4.74. The molecule has 0 unspecified atom stereocenters. The molecule has 3 aromatic carbocycles. The summed E-state index contributed by atoms with van der Waals surface area (Å²) in [5.74, 6) is 1.01. The van der Waals surface area contributed by atoms with Gasteiger partial charge < -0.3 is 14.8 Å². The number of hydrogen-bond donors (Lipinski definition) is 2. The second-order valence-corrected chi connectivity index (χ2v) is 9.12. The lowest BCUT2D eigenvalue weighted by Gasteiger charge is -2.11. The van der Waals surface area contributed by atoms with E-state index in [-0.39, 0.29) is 33.3 Å². The van der Waals surface area contributed by atoms with E-state index in [2.05, 4.69) is 10.0 Å². The van der Waals surface area contributed by atoms with Crippen molar-refractivity contribution in [3.8, 4) is 11.5 Å². The maximum Gasteiger partial charge on any atom is 0.263 e. The molecule has 0 saturated carbocycles. The highest BCUT2D eigenvalue weighted by atomic mass is 35.5. The predicted octanol–water partition coefficient (Wildman–Crippen LogP) is 4.45. The number of carbonyl (C=O) groups excluding carboxylic acids is 1. The van der Waals surface area contributed by atoms with Crippen molar-refractivity contribution in [2.45, 2.75) is 11.4 Å². The van der Waals surface area contributed by atoms with Gasteiger partial charge in [-0.05, 0) is 60.2 Å². The molecule has 1 aliphatic heterocycles. The maximum atomic E-state index is 12.6. The van der Waals surface area contributed by atoms with Crippen LogP contribution in [0.25, 0.3) is 0 Å². The van der Waals surface area contributed by atoms with Crippen LogP contribution in [0, 0.1) is 0 Å². The van der Waals surface area contributed by atoms with Gasteiger partial charge in [0.25, 0.3) is 15.9 Å². The van der Waals surface area contributed by atoms with Gasteiger partial charge in [-0.1, -0.05) is 29.3 Å². The molecule has 1 amide bonds. The van der Waals surface area contributed by atoms with Crippen LogP contribution in [0.4, 0.5) is 5.69 Å². The molecule has 10 heteroatoms. The zero-order valence-electron chi connectivity index (χ0n) is 15.9. The summed E-state index contributed by atoms with van der Waals surface area (Å²) in [7, 11) is -3.94. The van der Waals surface area contributed by atoms with Gasteiger partial charge in [0.15, 0.2) is 11.5 Å². The smallest absolute Gasteiger partial charge is 0.263 e. The van der Waals surface area contributed by atoms with E-state index in [1.165, 1.54) is 42.5 Å². The Morgan fingerprint density at radius 2 is 1.68 bits per heavy atom. The van der Waals surface area contributed by atoms with Gasteiger partial charge in [0.1, 0.15) is 4.90 Å². The summed E-state index contributed by atoms with van der Waals surface area (Å²) in [5, 5.41) is 3.11. The first-order valence-corrected chi connectivity index (χ1v) is 11.3. The van der Waals surface area contributed by atoms with E-state index < -0.39 is 10.0 Å². The summed E-state index contributed by atoms with van der Waals surface area (Å²) >= 11 is 11.9. The second kappa shape index (κ2) is 8.66. The Kier molecular flexibility index (Phi) is 5.95. The van der Waals surface area contributed by atoms with E-state index in [0.29, 0.717) is 23.6 Å². The van der Waals surface area contributed by atoms with Gasteiger partial charge in [0.2, 0.25) is 6.79 Å². The van der Waals surface area contributed by atoms with E-state index in [9.17, 15) is 13.2 Å². The largest absolute Gasteiger partial charge is 0.454 e. The van der Waals surface area contributed by atoms with Crippen molar-refractivity contribution in [1.29, 1.82) is 0 Å². The topological polar surface area (TPSA) is 93.7 Å². The molecule has 1 aliphatic rings. The normalized spacial score (nSPS) is 12.5. The molecule has 160 valence electrons. The number of carbonyl (C=O) groups is 1. The van der Waals surface area contributed by atoms with Crippen LogP contribution in [0.5, 0.6) is 11.5 Å². The molecule has 0 bridgehead atoms. The number of hydrogen-bond acceptors (Lipinski definition) is 5. The van der Waals surface area contributed by atoms with Crippen LogP contribution >= 0.6 is 23.2 Å². The Morgan fingerprint density at radius 3 is 2.45 bits per heavy atom. The van der Waals surface area contributed by atoms with Gasteiger partial charge in [-0.2, -0.15) is 0 Å². The van der Waals surface area contributed by atoms with Gasteiger partial charge in [-0.25, -0.2) is 8.42 Å². The second-order valence-electron chi connectivity index (χ2n) is 6.63. The predicted molar refractivity (Wildman–Crippen MR) is 117 cm³/mol. The number of benzene rings is 3. The standard InChI is InChI=1S/C21H16Cl2N2O5S/c22-15-4-7-17(23)20(10-15)31(27,28)25-16-5-2-14(3-6-16)21(26)24-11-13-1-8-18-19(9-13)30-12-29-18/h1-10,25H,11-12H2,(H,24,26). The van der Waals surface area contributed by atoms with Gasteiger partial charge >= 0.3 is 0 Å². The molecule has 0 spiro atoms. The SMILES string of the molecule is O=C(NCc1ccc2c(c1)OCO2)c1ccc(NS(=O)(=O)c2cc(Cl)ccc2Cl)cc1. The molecular weight excluding hydrogens is 463 g/mol. The summed E-state index contributed by atoms with van der Waals surface area (Å²) in [5.41, 5.74) is 1.52. The number of fused-ring (bicyclic) bond motifs is 1. The molecule has 31 heavy (non-hydrogen) atoms. The zero-order valence-corrected chi connectivity index (χ0v) is 18.2. The Morgan fingerprint density at radius 1 is 0.935 bits per heavy atom. The molecule has 0 aromatic heterocycles. The molecule has 7 nitrogen and oxygen atoms in total. The van der Waals surface area contributed by atoms with Crippen LogP contribution in [0.2, 0.25) is 10.0 Å². The van der Waals surface area contributed by atoms with E-state index in [4.69, 9.17) is 32.7 Å². The van der Waals surface area contributed by atoms with Gasteiger partial charge in [0, 0.05) is 22.8 Å². The molecule has 0 fully saturated rings. The van der Waals surface area contributed by atoms with Crippen molar-refractivity contribution in [1.82, 2.24) is 5.32 Å². The molecule has 0 saturated heterocycles. The van der Waals surface area contributed by atoms with Crippen LogP contribution in [0.1, 0.15) is 15.9 Å². The quantitative estimate of drug-likeness (QED) is 0.545. The maximum absolute atomic E-state index is 12.6. The van der Waals surface area contributed by atoms with Crippen molar-refractivity contribution in [3.05, 3.63) is 81.8 Å². The molecule has 2 N–H and O–H groups in total. The van der Waals surface area contributed by atoms with Crippen LogP contribution in [0.3, 0.4) is 0 Å². The monoisotopic (exact) mass is 478 g/mol. The van der Waals surface area contributed by atoms with Crippen molar-refractivity contribution in [2.75, 3.05) is 11.5 Å². The van der Waals surface area contributed by atoms with E-state index in [0.717, 1.165) is 5.56 Å². The molecule has 4 rings (SSSR count). The zero-order chi connectivity index (χ0) is 22.0. The first-order valence-electron chi connectivity index (χ1n) is 9.06. The molecule has 1 heterocycles. The number of sulfonamides is 1. The lowest BCUT2D eigenvalue weighted by Crippen LogP contribution is -2.22. The van der Waals surface area contributed by atoms with Crippen molar-refractivity contribution < 1.29 is 22.7 Å². The van der Waals surface area contributed by atoms with Crippen LogP contribution in [-0.4, -0.2) is 21.1 Å². The average molecular weight is 479 g/mol. The van der Waals surface area contributed by atoms with Crippen molar-refractivity contribution in [2.24, 2.45) is 0 Å². The average Bonchev–Trinajstić information content (AvgIpc) is 3.22. The third kappa shape index (κ3) is 4.87. The lowest BCUT2D eigenvalue weighted by molar-refractivity contribution is 0.0951. The molecule has 0 atom stereocenters. The van der Waals surface area contributed by atoms with Gasteiger partial charge in [0.05, 0.1) is 5.02 Å². The number of amides is 1. The van der Waals surface area contributed by atoms with Crippen LogP contribution in [-0.2, 0) is 16.6 Å². The van der Waals surface area contributed by atoms with E-state index >= 15 is 0 Å². The summed E-state index contributed by atoms with van der Waals surface area (Å²) in [4.78, 5) is 12.3. The fraction of sp³-hybridized carbons (Fsp3) is 0.0952. The number of ether oxygens (including phenoxy) is 2. The lowest BCUT2D eigenvalue weighted by atomic mass is 10.1. The minimum absolute atomic E-state index is 0.0522. The van der Waals surface area contributed by atoms with E-state index in [1.807, 2.05) is 12.1 Å². The molecule has 0 aliphatic carbocycles. The highest BCUT2D eigenvalue weighted by Crippen LogP contribution is 2.32. The first-order chi connectivity index (χ1) is 14.8. The third-order valence-corrected chi connectivity index (χ3v) is 6.57. The number of rotatable bonds is 6. The summed E-state index contributed by atoms with van der Waals surface area (Å²) in [6.07, 6.45) is 0. The summed E-state index contributed by atoms with van der Waals surface area (Å²) in [6, 6.07) is 15.6. The van der Waals surface area contributed by atoms with Crippen LogP contribution in [0.15, 0.2) is 65.6 Å². The number of halogens is 2. The number of anilines is 1. The van der Waals surface area contributed by atoms with Gasteiger partial charge in [-0.3, -0.25) is 9.52 Å². The molecule has 3 aromatic rings. The van der Waals surface area contributed by atoms with E-state index in [1.54, 1.807) is 6.07 Å². The Balaban J connectivity index is 1.40. The first kappa shape index (κ1) is 21.3. The third-order valence-electron chi connectivity index (χ3n) is 4.47. The molecule has 0 radical (unpaired) electrons. The summed E-state index contributed by atoms with van der Waals surface area (Å²) in [6.45, 7) is 0.488. The molecular formula is C21H16Cl2N2O5S. The number of nitrogens with one attached hydrogen (secondary N) is 2. The summed E-state index contributed by atoms with van der Waals surface area (Å²) < 4.78 is 38.2. The van der Waals surface area contributed by atoms with Gasteiger partial charge in [-0.15, -0.1) is 0 Å². The van der Waals surface area contributed by atoms with Crippen molar-refractivity contribution >= 4 is 44.8 Å². The Hall–Kier alpha value is -2.94. The highest BCUT2D eigenvalue weighted by molar-refractivity contribution is 7.92. The highest BCUT2D eigenvalue weighted by Gasteiger charge is 2.19. The van der Waals surface area contributed by atoms with Crippen LogP contribution < -0.4 is 19.5 Å². The Bertz CT molecular complexity index is 1250. The van der Waals surface area contributed by atoms with Crippen molar-refractivity contribution in [3.63, 3.8) is 0 Å².